The van der Waals surface area contributed by atoms with E-state index in [2.05, 4.69) is 23.0 Å². The summed E-state index contributed by atoms with van der Waals surface area (Å²) in [6.07, 6.45) is 6.53. The Hall–Kier alpha value is -0.350. The lowest BCUT2D eigenvalue weighted by Crippen LogP contribution is -2.02. The third-order valence-electron chi connectivity index (χ3n) is 3.19. The summed E-state index contributed by atoms with van der Waals surface area (Å²) < 4.78 is 0.748. The van der Waals surface area contributed by atoms with Gasteiger partial charge in [-0.05, 0) is 37.0 Å². The molecule has 1 saturated carbocycles. The molecular formula is C13H20N2S2. The van der Waals surface area contributed by atoms with Gasteiger partial charge in [0, 0.05) is 5.69 Å². The van der Waals surface area contributed by atoms with Crippen LogP contribution in [0.5, 0.6) is 0 Å². The van der Waals surface area contributed by atoms with Crippen molar-refractivity contribution in [1.29, 1.82) is 0 Å². The third kappa shape index (κ3) is 3.81. The summed E-state index contributed by atoms with van der Waals surface area (Å²) in [5.74, 6) is 3.89. The Balaban J connectivity index is 2.08. The van der Waals surface area contributed by atoms with Gasteiger partial charge < -0.3 is 4.98 Å². The SMILES string of the molecule is CCCSCc1nc(=S)cc(C2CCCC2)[nH]1. The smallest absolute Gasteiger partial charge is 0.130 e. The number of aromatic amines is 1. The molecule has 1 aliphatic carbocycles. The third-order valence-corrected chi connectivity index (χ3v) is 4.58. The number of hydrogen-bond acceptors (Lipinski definition) is 3. The molecule has 1 aromatic heterocycles. The van der Waals surface area contributed by atoms with Crippen molar-refractivity contribution in [3.8, 4) is 0 Å². The second-order valence-corrected chi connectivity index (χ2v) is 6.18. The van der Waals surface area contributed by atoms with Crippen LogP contribution in [0.2, 0.25) is 0 Å². The Labute approximate surface area is 113 Å². The van der Waals surface area contributed by atoms with E-state index in [1.165, 1.54) is 43.6 Å². The number of thioether (sulfide) groups is 1. The van der Waals surface area contributed by atoms with Crippen LogP contribution in [0.1, 0.15) is 56.5 Å². The van der Waals surface area contributed by atoms with Crippen LogP contribution in [0.3, 0.4) is 0 Å². The molecule has 1 fully saturated rings. The highest BCUT2D eigenvalue weighted by molar-refractivity contribution is 7.98. The maximum atomic E-state index is 5.26. The van der Waals surface area contributed by atoms with Crippen molar-refractivity contribution < 1.29 is 0 Å². The average molecular weight is 268 g/mol. The quantitative estimate of drug-likeness (QED) is 0.632. The molecule has 17 heavy (non-hydrogen) atoms. The highest BCUT2D eigenvalue weighted by atomic mass is 32.2. The first-order chi connectivity index (χ1) is 8.29. The van der Waals surface area contributed by atoms with Crippen molar-refractivity contribution in [1.82, 2.24) is 9.97 Å². The Kier molecular flexibility index (Phi) is 5.04. The fourth-order valence-corrected chi connectivity index (χ4v) is 3.37. The first-order valence-corrected chi connectivity index (χ1v) is 8.03. The van der Waals surface area contributed by atoms with Gasteiger partial charge in [-0.15, -0.1) is 0 Å². The second kappa shape index (κ2) is 6.55. The topological polar surface area (TPSA) is 28.7 Å². The van der Waals surface area contributed by atoms with Crippen molar-refractivity contribution in [3.05, 3.63) is 22.2 Å². The van der Waals surface area contributed by atoms with Crippen molar-refractivity contribution in [2.75, 3.05) is 5.75 Å². The van der Waals surface area contributed by atoms with E-state index >= 15 is 0 Å². The molecular weight excluding hydrogens is 248 g/mol. The lowest BCUT2D eigenvalue weighted by Gasteiger charge is -2.11. The maximum Gasteiger partial charge on any atom is 0.130 e. The highest BCUT2D eigenvalue weighted by Gasteiger charge is 2.18. The minimum Gasteiger partial charge on any atom is -0.346 e. The van der Waals surface area contributed by atoms with Gasteiger partial charge in [0.15, 0.2) is 0 Å². The zero-order valence-electron chi connectivity index (χ0n) is 10.4. The van der Waals surface area contributed by atoms with E-state index in [1.54, 1.807) is 0 Å². The van der Waals surface area contributed by atoms with Crippen LogP contribution in [0.15, 0.2) is 6.07 Å². The zero-order valence-corrected chi connectivity index (χ0v) is 12.0. The normalized spacial score (nSPS) is 16.5. The minimum absolute atomic E-state index is 0.689. The Morgan fingerprint density at radius 2 is 2.24 bits per heavy atom. The molecule has 1 heterocycles. The van der Waals surface area contributed by atoms with Crippen LogP contribution in [-0.4, -0.2) is 15.7 Å². The number of H-pyrrole nitrogens is 1. The molecule has 0 bridgehead atoms. The molecule has 0 aliphatic heterocycles. The highest BCUT2D eigenvalue weighted by Crippen LogP contribution is 2.33. The molecule has 0 amide bonds. The first kappa shape index (κ1) is 13.1. The summed E-state index contributed by atoms with van der Waals surface area (Å²) in [4.78, 5) is 7.90. The van der Waals surface area contributed by atoms with Gasteiger partial charge in [-0.25, -0.2) is 4.98 Å². The molecule has 0 aromatic carbocycles. The first-order valence-electron chi connectivity index (χ1n) is 6.47. The molecule has 0 radical (unpaired) electrons. The van der Waals surface area contributed by atoms with Gasteiger partial charge in [-0.2, -0.15) is 11.8 Å². The summed E-state index contributed by atoms with van der Waals surface area (Å²) in [7, 11) is 0. The molecule has 1 aromatic rings. The Morgan fingerprint density at radius 1 is 1.47 bits per heavy atom. The average Bonchev–Trinajstić information content (AvgIpc) is 2.82. The van der Waals surface area contributed by atoms with Crippen LogP contribution in [-0.2, 0) is 5.75 Å². The van der Waals surface area contributed by atoms with Gasteiger partial charge in [-0.3, -0.25) is 0 Å². The molecule has 0 unspecified atom stereocenters. The van der Waals surface area contributed by atoms with Gasteiger partial charge in [0.1, 0.15) is 10.5 Å². The number of nitrogens with one attached hydrogen (secondary N) is 1. The molecule has 0 atom stereocenters. The maximum absolute atomic E-state index is 5.26. The monoisotopic (exact) mass is 268 g/mol. The van der Waals surface area contributed by atoms with E-state index in [-0.39, 0.29) is 0 Å². The van der Waals surface area contributed by atoms with Crippen molar-refractivity contribution in [2.24, 2.45) is 0 Å². The zero-order chi connectivity index (χ0) is 12.1. The standard InChI is InChI=1S/C13H20N2S2/c1-2-7-17-9-12-14-11(8-13(16)15-12)10-5-3-4-6-10/h8,10H,2-7,9H2,1H3,(H,14,15,16). The van der Waals surface area contributed by atoms with Gasteiger partial charge in [0.2, 0.25) is 0 Å². The lowest BCUT2D eigenvalue weighted by atomic mass is 10.0. The van der Waals surface area contributed by atoms with E-state index in [4.69, 9.17) is 12.2 Å². The molecule has 1 aliphatic rings. The van der Waals surface area contributed by atoms with E-state index in [0.717, 1.165) is 16.2 Å². The van der Waals surface area contributed by atoms with Gasteiger partial charge in [0.25, 0.3) is 0 Å². The number of rotatable bonds is 5. The molecule has 4 heteroatoms. The van der Waals surface area contributed by atoms with Gasteiger partial charge >= 0.3 is 0 Å². The Bertz CT molecular complexity index is 408. The number of hydrogen-bond donors (Lipinski definition) is 1. The van der Waals surface area contributed by atoms with E-state index in [1.807, 2.05) is 11.8 Å². The fourth-order valence-electron chi connectivity index (χ4n) is 2.37. The minimum atomic E-state index is 0.689. The van der Waals surface area contributed by atoms with Crippen LogP contribution >= 0.6 is 24.0 Å². The number of aromatic nitrogens is 2. The van der Waals surface area contributed by atoms with E-state index in [9.17, 15) is 0 Å². The van der Waals surface area contributed by atoms with Crippen LogP contribution in [0.25, 0.3) is 0 Å². The van der Waals surface area contributed by atoms with E-state index < -0.39 is 0 Å². The summed E-state index contributed by atoms with van der Waals surface area (Å²) in [5.41, 5.74) is 1.31. The molecule has 0 spiro atoms. The second-order valence-electron chi connectivity index (χ2n) is 4.66. The van der Waals surface area contributed by atoms with Crippen LogP contribution < -0.4 is 0 Å². The summed E-state index contributed by atoms with van der Waals surface area (Å²) in [6.45, 7) is 2.21. The van der Waals surface area contributed by atoms with Crippen LogP contribution in [0, 0.1) is 4.64 Å². The van der Waals surface area contributed by atoms with Gasteiger partial charge in [0.05, 0.1) is 5.75 Å². The summed E-state index contributed by atoms with van der Waals surface area (Å²) in [6, 6.07) is 2.05. The molecule has 1 N–H and O–H groups in total. The fraction of sp³-hybridized carbons (Fsp3) is 0.692. The molecule has 94 valence electrons. The largest absolute Gasteiger partial charge is 0.346 e. The van der Waals surface area contributed by atoms with Crippen molar-refractivity contribution >= 4 is 24.0 Å². The summed E-state index contributed by atoms with van der Waals surface area (Å²) in [5, 5.41) is 0. The number of nitrogens with zero attached hydrogens (tertiary/aromatic N) is 1. The Morgan fingerprint density at radius 3 is 2.94 bits per heavy atom. The molecule has 2 nitrogen and oxygen atoms in total. The van der Waals surface area contributed by atoms with Crippen molar-refractivity contribution in [3.63, 3.8) is 0 Å². The summed E-state index contributed by atoms with van der Waals surface area (Å²) >= 11 is 7.19. The van der Waals surface area contributed by atoms with Crippen LogP contribution in [0.4, 0.5) is 0 Å². The lowest BCUT2D eigenvalue weighted by molar-refractivity contribution is 0.687. The predicted octanol–water partition coefficient (Wildman–Crippen LogP) is 4.44. The van der Waals surface area contributed by atoms with E-state index in [0.29, 0.717) is 5.92 Å². The van der Waals surface area contributed by atoms with Crippen molar-refractivity contribution in [2.45, 2.75) is 50.7 Å². The van der Waals surface area contributed by atoms with Gasteiger partial charge in [-0.1, -0.05) is 32.0 Å². The molecule has 0 saturated heterocycles. The predicted molar refractivity (Wildman–Crippen MR) is 77.1 cm³/mol. The molecule has 2 rings (SSSR count).